The molecule has 0 aliphatic rings. The largest absolute Gasteiger partial charge is 0.497 e. The third kappa shape index (κ3) is 1.56. The van der Waals surface area contributed by atoms with Crippen molar-refractivity contribution in [1.29, 1.82) is 0 Å². The van der Waals surface area contributed by atoms with Gasteiger partial charge in [0.2, 0.25) is 5.65 Å². The zero-order valence-corrected chi connectivity index (χ0v) is 10.7. The summed E-state index contributed by atoms with van der Waals surface area (Å²) in [5.41, 5.74) is 3.71. The van der Waals surface area contributed by atoms with Gasteiger partial charge < -0.3 is 4.74 Å². The third-order valence-corrected chi connectivity index (χ3v) is 3.26. The van der Waals surface area contributed by atoms with Gasteiger partial charge in [0.1, 0.15) is 11.3 Å². The maximum absolute atomic E-state index is 5.20. The molecule has 2 aromatic carbocycles. The first-order valence-electron chi connectivity index (χ1n) is 6.22. The fourth-order valence-corrected chi connectivity index (χ4v) is 2.26. The van der Waals surface area contributed by atoms with Crippen LogP contribution in [0, 0.1) is 0 Å². The molecule has 0 unspecified atom stereocenters. The second-order valence-corrected chi connectivity index (χ2v) is 4.47. The molecule has 20 heavy (non-hydrogen) atoms. The van der Waals surface area contributed by atoms with E-state index in [1.807, 2.05) is 42.5 Å². The lowest BCUT2D eigenvalue weighted by molar-refractivity contribution is 0.415. The molecule has 2 aromatic heterocycles. The Morgan fingerprint density at radius 3 is 2.65 bits per heavy atom. The van der Waals surface area contributed by atoms with E-state index in [0.29, 0.717) is 5.65 Å². The average Bonchev–Trinajstić information content (AvgIpc) is 2.52. The minimum atomic E-state index is 0.546. The lowest BCUT2D eigenvalue weighted by Crippen LogP contribution is -1.94. The molecular weight excluding hydrogens is 252 g/mol. The first-order valence-corrected chi connectivity index (χ1v) is 6.22. The van der Waals surface area contributed by atoms with Gasteiger partial charge in [-0.2, -0.15) is 0 Å². The number of aromatic nitrogens is 4. The average molecular weight is 262 g/mol. The highest BCUT2D eigenvalue weighted by molar-refractivity contribution is 6.02. The van der Waals surface area contributed by atoms with E-state index in [4.69, 9.17) is 4.74 Å². The Balaban J connectivity index is 2.14. The molecule has 5 heteroatoms. The van der Waals surface area contributed by atoms with E-state index >= 15 is 0 Å². The number of hydrogen-bond donors (Lipinski definition) is 0. The Morgan fingerprint density at radius 1 is 0.850 bits per heavy atom. The minimum Gasteiger partial charge on any atom is -0.497 e. The van der Waals surface area contributed by atoms with Crippen molar-refractivity contribution in [1.82, 2.24) is 20.2 Å². The zero-order valence-electron chi connectivity index (χ0n) is 10.7. The van der Waals surface area contributed by atoms with Crippen LogP contribution in [0.1, 0.15) is 0 Å². The summed E-state index contributed by atoms with van der Waals surface area (Å²) < 4.78 is 5.20. The summed E-state index contributed by atoms with van der Waals surface area (Å²) >= 11 is 0. The van der Waals surface area contributed by atoms with Crippen molar-refractivity contribution >= 4 is 33.1 Å². The summed E-state index contributed by atoms with van der Waals surface area (Å²) in [6.45, 7) is 0. The number of methoxy groups -OCH3 is 1. The van der Waals surface area contributed by atoms with Gasteiger partial charge in [-0.05, 0) is 18.2 Å². The molecule has 0 amide bonds. The lowest BCUT2D eigenvalue weighted by Gasteiger charge is -2.04. The summed E-state index contributed by atoms with van der Waals surface area (Å²) in [5, 5.41) is 9.29. The summed E-state index contributed by atoms with van der Waals surface area (Å²) in [7, 11) is 1.63. The Bertz CT molecular complexity index is 952. The van der Waals surface area contributed by atoms with E-state index in [0.717, 1.165) is 33.2 Å². The quantitative estimate of drug-likeness (QED) is 0.390. The number of fused-ring (bicyclic) bond motifs is 4. The van der Waals surface area contributed by atoms with Crippen LogP contribution in [0.3, 0.4) is 0 Å². The smallest absolute Gasteiger partial charge is 0.201 e. The second-order valence-electron chi connectivity index (χ2n) is 4.47. The molecule has 0 radical (unpaired) electrons. The van der Waals surface area contributed by atoms with Crippen molar-refractivity contribution in [2.24, 2.45) is 0 Å². The summed E-state index contributed by atoms with van der Waals surface area (Å²) in [4.78, 5) is 9.18. The highest BCUT2D eigenvalue weighted by Crippen LogP contribution is 2.23. The Morgan fingerprint density at radius 2 is 1.75 bits per heavy atom. The maximum atomic E-state index is 5.20. The van der Waals surface area contributed by atoms with Crippen LogP contribution in [0.4, 0.5) is 0 Å². The van der Waals surface area contributed by atoms with Gasteiger partial charge in [-0.15, -0.1) is 10.2 Å². The van der Waals surface area contributed by atoms with Crippen LogP contribution in [0.15, 0.2) is 42.5 Å². The third-order valence-electron chi connectivity index (χ3n) is 3.26. The molecule has 0 saturated carbocycles. The van der Waals surface area contributed by atoms with Gasteiger partial charge in [-0.25, -0.2) is 9.97 Å². The predicted molar refractivity (Wildman–Crippen MR) is 76.7 cm³/mol. The van der Waals surface area contributed by atoms with Gasteiger partial charge >= 0.3 is 0 Å². The van der Waals surface area contributed by atoms with Crippen LogP contribution in [0.25, 0.3) is 33.1 Å². The van der Waals surface area contributed by atoms with Crippen molar-refractivity contribution in [2.75, 3.05) is 7.11 Å². The molecule has 0 N–H and O–H groups in total. The SMILES string of the molecule is COc1ccc2nc3c(nnc4ccccc43)nc2c1. The zero-order chi connectivity index (χ0) is 13.5. The van der Waals surface area contributed by atoms with E-state index in [-0.39, 0.29) is 0 Å². The molecule has 0 fully saturated rings. The van der Waals surface area contributed by atoms with E-state index in [9.17, 15) is 0 Å². The first-order chi connectivity index (χ1) is 9.85. The van der Waals surface area contributed by atoms with Gasteiger partial charge in [-0.3, -0.25) is 0 Å². The van der Waals surface area contributed by atoms with Crippen molar-refractivity contribution in [3.63, 3.8) is 0 Å². The lowest BCUT2D eigenvalue weighted by atomic mass is 10.2. The van der Waals surface area contributed by atoms with Crippen molar-refractivity contribution in [3.05, 3.63) is 42.5 Å². The van der Waals surface area contributed by atoms with Gasteiger partial charge in [0.15, 0.2) is 0 Å². The summed E-state index contributed by atoms with van der Waals surface area (Å²) in [6.07, 6.45) is 0. The Hall–Kier alpha value is -2.82. The maximum Gasteiger partial charge on any atom is 0.201 e. The Labute approximate surface area is 114 Å². The number of nitrogens with zero attached hydrogens (tertiary/aromatic N) is 4. The van der Waals surface area contributed by atoms with Crippen molar-refractivity contribution in [3.8, 4) is 5.75 Å². The molecule has 0 aliphatic heterocycles. The summed E-state index contributed by atoms with van der Waals surface area (Å²) in [6, 6.07) is 13.4. The molecule has 0 bridgehead atoms. The van der Waals surface area contributed by atoms with Crippen LogP contribution in [0.2, 0.25) is 0 Å². The molecule has 5 nitrogen and oxygen atoms in total. The molecule has 96 valence electrons. The fourth-order valence-electron chi connectivity index (χ4n) is 2.26. The molecule has 0 saturated heterocycles. The van der Waals surface area contributed by atoms with Gasteiger partial charge in [0, 0.05) is 11.5 Å². The highest BCUT2D eigenvalue weighted by Gasteiger charge is 2.08. The molecule has 0 aliphatic carbocycles. The topological polar surface area (TPSA) is 60.8 Å². The van der Waals surface area contributed by atoms with Gasteiger partial charge in [0.25, 0.3) is 0 Å². The highest BCUT2D eigenvalue weighted by atomic mass is 16.5. The predicted octanol–water partition coefficient (Wildman–Crippen LogP) is 2.73. The number of hydrogen-bond acceptors (Lipinski definition) is 5. The van der Waals surface area contributed by atoms with E-state index in [1.165, 1.54) is 0 Å². The number of ether oxygens (including phenoxy) is 1. The normalized spacial score (nSPS) is 11.2. The minimum absolute atomic E-state index is 0.546. The van der Waals surface area contributed by atoms with E-state index < -0.39 is 0 Å². The van der Waals surface area contributed by atoms with Crippen LogP contribution in [0.5, 0.6) is 5.75 Å². The van der Waals surface area contributed by atoms with Gasteiger partial charge in [0.05, 0.1) is 23.7 Å². The van der Waals surface area contributed by atoms with Crippen LogP contribution in [-0.4, -0.2) is 27.3 Å². The molecular formula is C15H10N4O. The first kappa shape index (κ1) is 11.0. The van der Waals surface area contributed by atoms with E-state index in [2.05, 4.69) is 20.2 Å². The van der Waals surface area contributed by atoms with Gasteiger partial charge in [-0.1, -0.05) is 18.2 Å². The monoisotopic (exact) mass is 262 g/mol. The number of benzene rings is 2. The van der Waals surface area contributed by atoms with Crippen LogP contribution >= 0.6 is 0 Å². The molecule has 2 heterocycles. The van der Waals surface area contributed by atoms with Crippen molar-refractivity contribution in [2.45, 2.75) is 0 Å². The fraction of sp³-hybridized carbons (Fsp3) is 0.0667. The molecule has 0 atom stereocenters. The summed E-state index contributed by atoms with van der Waals surface area (Å²) in [5.74, 6) is 0.750. The van der Waals surface area contributed by atoms with Crippen molar-refractivity contribution < 1.29 is 4.74 Å². The standard InChI is InChI=1S/C15H10N4O/c1-20-9-6-7-12-13(8-9)17-15-14(16-12)10-4-2-3-5-11(10)18-19-15/h2-8H,1H3. The second kappa shape index (κ2) is 4.09. The van der Waals surface area contributed by atoms with Crippen LogP contribution in [-0.2, 0) is 0 Å². The van der Waals surface area contributed by atoms with Crippen LogP contribution < -0.4 is 4.74 Å². The van der Waals surface area contributed by atoms with E-state index in [1.54, 1.807) is 7.11 Å². The Kier molecular flexibility index (Phi) is 2.26. The molecule has 0 spiro atoms. The molecule has 4 aromatic rings. The number of rotatable bonds is 1. The molecule has 4 rings (SSSR count).